The molecule has 1 amide bonds. The first-order valence-electron chi connectivity index (χ1n) is 4.55. The molecule has 5 nitrogen and oxygen atoms in total. The molecule has 0 saturated carbocycles. The number of anilines is 1. The summed E-state index contributed by atoms with van der Waals surface area (Å²) in [6.07, 6.45) is 1.92. The molecule has 14 heavy (non-hydrogen) atoms. The van der Waals surface area contributed by atoms with E-state index in [1.165, 1.54) is 0 Å². The molecule has 76 valence electrons. The lowest BCUT2D eigenvalue weighted by molar-refractivity contribution is -0.123. The third-order valence-electron chi connectivity index (χ3n) is 2.25. The topological polar surface area (TPSA) is 69.3 Å². The maximum Gasteiger partial charge on any atom is 0.265 e. The summed E-state index contributed by atoms with van der Waals surface area (Å²) >= 11 is 0. The van der Waals surface area contributed by atoms with Gasteiger partial charge in [0.25, 0.3) is 5.91 Å². The lowest BCUT2D eigenvalue weighted by Gasteiger charge is -2.24. The number of nitrogens with two attached hydrogens (primary N) is 1. The van der Waals surface area contributed by atoms with Gasteiger partial charge in [-0.3, -0.25) is 4.79 Å². The normalized spacial score (nSPS) is 19.9. The van der Waals surface area contributed by atoms with E-state index in [-0.39, 0.29) is 5.91 Å². The van der Waals surface area contributed by atoms with Crippen molar-refractivity contribution >= 4 is 11.6 Å². The molecule has 0 fully saturated rings. The average Bonchev–Trinajstić information content (AvgIpc) is 2.49. The molecule has 5 heteroatoms. The van der Waals surface area contributed by atoms with E-state index in [1.54, 1.807) is 0 Å². The first-order valence-corrected chi connectivity index (χ1v) is 4.55. The van der Waals surface area contributed by atoms with Crippen LogP contribution >= 0.6 is 0 Å². The maximum absolute atomic E-state index is 11.5. The van der Waals surface area contributed by atoms with Gasteiger partial charge in [0.1, 0.15) is 5.69 Å². The van der Waals surface area contributed by atoms with Crippen LogP contribution in [0.1, 0.15) is 6.42 Å². The Morgan fingerprint density at radius 1 is 1.71 bits per heavy atom. The van der Waals surface area contributed by atoms with Crippen LogP contribution in [-0.4, -0.2) is 23.1 Å². The van der Waals surface area contributed by atoms with E-state index in [1.807, 2.05) is 23.9 Å². The molecule has 3 N–H and O–H groups in total. The number of rotatable bonds is 2. The lowest BCUT2D eigenvalue weighted by Crippen LogP contribution is -2.38. The Morgan fingerprint density at radius 3 is 3.21 bits per heavy atom. The zero-order valence-corrected chi connectivity index (χ0v) is 7.99. The van der Waals surface area contributed by atoms with E-state index < -0.39 is 6.10 Å². The molecular formula is C9H13N3O2. The zero-order valence-electron chi connectivity index (χ0n) is 7.99. The second kappa shape index (κ2) is 3.34. The van der Waals surface area contributed by atoms with Crippen LogP contribution in [0.3, 0.4) is 0 Å². The number of fused-ring (bicyclic) bond motifs is 1. The fourth-order valence-electron chi connectivity index (χ4n) is 1.50. The van der Waals surface area contributed by atoms with Crippen molar-refractivity contribution < 1.29 is 9.53 Å². The fraction of sp³-hybridized carbons (Fsp3) is 0.444. The van der Waals surface area contributed by atoms with Gasteiger partial charge in [-0.25, -0.2) is 0 Å². The molecule has 1 aromatic rings. The zero-order chi connectivity index (χ0) is 10.1. The van der Waals surface area contributed by atoms with Crippen LogP contribution in [0, 0.1) is 0 Å². The van der Waals surface area contributed by atoms with Crippen molar-refractivity contribution in [2.45, 2.75) is 12.5 Å². The standard InChI is InChI=1S/C9H13N3O2/c1-12-5-3-6-9(12)14-7(2-4-10)8(13)11-6/h3,5,7H,2,4,10H2,1H3,(H,11,13). The SMILES string of the molecule is Cn1ccc2c1OC(CCN)C(=O)N2. The molecule has 0 bridgehead atoms. The highest BCUT2D eigenvalue weighted by Crippen LogP contribution is 2.30. The number of nitrogens with zero attached hydrogens (tertiary/aromatic N) is 1. The van der Waals surface area contributed by atoms with Crippen LogP contribution in [-0.2, 0) is 11.8 Å². The molecule has 1 aromatic heterocycles. The van der Waals surface area contributed by atoms with Gasteiger partial charge in [0.15, 0.2) is 6.10 Å². The number of amides is 1. The van der Waals surface area contributed by atoms with E-state index in [0.717, 1.165) is 5.69 Å². The fourth-order valence-corrected chi connectivity index (χ4v) is 1.50. The minimum Gasteiger partial charge on any atom is -0.464 e. The molecule has 0 saturated heterocycles. The van der Waals surface area contributed by atoms with Crippen molar-refractivity contribution in [1.82, 2.24) is 4.57 Å². The predicted octanol–water partition coefficient (Wildman–Crippen LogP) is 0.0734. The Morgan fingerprint density at radius 2 is 2.50 bits per heavy atom. The molecule has 1 aliphatic rings. The van der Waals surface area contributed by atoms with Crippen LogP contribution in [0.5, 0.6) is 5.88 Å². The number of aromatic nitrogens is 1. The van der Waals surface area contributed by atoms with Crippen molar-refractivity contribution in [3.63, 3.8) is 0 Å². The van der Waals surface area contributed by atoms with Crippen LogP contribution < -0.4 is 15.8 Å². The van der Waals surface area contributed by atoms with Crippen LogP contribution in [0.4, 0.5) is 5.69 Å². The Balaban J connectivity index is 2.24. The molecule has 1 atom stereocenters. The molecule has 0 aliphatic carbocycles. The van der Waals surface area contributed by atoms with Crippen molar-refractivity contribution in [1.29, 1.82) is 0 Å². The number of hydrogen-bond donors (Lipinski definition) is 2. The Kier molecular flexibility index (Phi) is 2.17. The van der Waals surface area contributed by atoms with Gasteiger partial charge in [-0.15, -0.1) is 0 Å². The molecule has 0 aromatic carbocycles. The summed E-state index contributed by atoms with van der Waals surface area (Å²) in [5.74, 6) is 0.581. The maximum atomic E-state index is 11.5. The molecule has 1 unspecified atom stereocenters. The smallest absolute Gasteiger partial charge is 0.265 e. The summed E-state index contributed by atoms with van der Waals surface area (Å²) in [6.45, 7) is 0.442. The Bertz CT molecular complexity index is 359. The summed E-state index contributed by atoms with van der Waals surface area (Å²) in [7, 11) is 1.87. The third kappa shape index (κ3) is 1.35. The number of carbonyl (C=O) groups is 1. The molecule has 0 spiro atoms. The molecule has 1 aliphatic heterocycles. The second-order valence-corrected chi connectivity index (χ2v) is 3.32. The van der Waals surface area contributed by atoms with E-state index >= 15 is 0 Å². The number of ether oxygens (including phenoxy) is 1. The second-order valence-electron chi connectivity index (χ2n) is 3.32. The largest absolute Gasteiger partial charge is 0.464 e. The van der Waals surface area contributed by atoms with Crippen molar-refractivity contribution in [3.05, 3.63) is 12.3 Å². The summed E-state index contributed by atoms with van der Waals surface area (Å²) in [5.41, 5.74) is 6.12. The number of aryl methyl sites for hydroxylation is 1. The Labute approximate surface area is 81.8 Å². The summed E-state index contributed by atoms with van der Waals surface area (Å²) in [4.78, 5) is 11.5. The van der Waals surface area contributed by atoms with Gasteiger partial charge < -0.3 is 20.4 Å². The van der Waals surface area contributed by atoms with Gasteiger partial charge in [0, 0.05) is 19.7 Å². The molecular weight excluding hydrogens is 182 g/mol. The number of hydrogen-bond acceptors (Lipinski definition) is 3. The first kappa shape index (κ1) is 9.08. The minimum absolute atomic E-state index is 0.117. The van der Waals surface area contributed by atoms with E-state index in [4.69, 9.17) is 10.5 Å². The molecule has 0 radical (unpaired) electrons. The molecule has 2 rings (SSSR count). The number of carbonyl (C=O) groups excluding carboxylic acids is 1. The summed E-state index contributed by atoms with van der Waals surface area (Å²) in [5, 5.41) is 2.78. The minimum atomic E-state index is -0.457. The van der Waals surface area contributed by atoms with Crippen molar-refractivity contribution in [3.8, 4) is 5.88 Å². The van der Waals surface area contributed by atoms with Gasteiger partial charge in [-0.1, -0.05) is 0 Å². The summed E-state index contributed by atoms with van der Waals surface area (Å²) < 4.78 is 7.36. The highest BCUT2D eigenvalue weighted by atomic mass is 16.5. The van der Waals surface area contributed by atoms with Gasteiger partial charge >= 0.3 is 0 Å². The third-order valence-corrected chi connectivity index (χ3v) is 2.25. The monoisotopic (exact) mass is 195 g/mol. The van der Waals surface area contributed by atoms with E-state index in [0.29, 0.717) is 18.8 Å². The van der Waals surface area contributed by atoms with Crippen LogP contribution in [0.25, 0.3) is 0 Å². The van der Waals surface area contributed by atoms with Gasteiger partial charge in [0.05, 0.1) is 0 Å². The van der Waals surface area contributed by atoms with Crippen LogP contribution in [0.15, 0.2) is 12.3 Å². The average molecular weight is 195 g/mol. The van der Waals surface area contributed by atoms with E-state index in [9.17, 15) is 4.79 Å². The number of nitrogens with one attached hydrogen (secondary N) is 1. The quantitative estimate of drug-likeness (QED) is 0.701. The van der Waals surface area contributed by atoms with Gasteiger partial charge in [-0.05, 0) is 12.6 Å². The lowest BCUT2D eigenvalue weighted by atomic mass is 10.2. The van der Waals surface area contributed by atoms with Gasteiger partial charge in [0.2, 0.25) is 5.88 Å². The summed E-state index contributed by atoms with van der Waals surface area (Å²) in [6, 6.07) is 1.81. The highest BCUT2D eigenvalue weighted by Gasteiger charge is 2.28. The molecule has 2 heterocycles. The predicted molar refractivity (Wildman–Crippen MR) is 52.1 cm³/mol. The van der Waals surface area contributed by atoms with E-state index in [2.05, 4.69) is 5.32 Å². The highest BCUT2D eigenvalue weighted by molar-refractivity contribution is 5.97. The van der Waals surface area contributed by atoms with Gasteiger partial charge in [-0.2, -0.15) is 0 Å². The van der Waals surface area contributed by atoms with Crippen molar-refractivity contribution in [2.24, 2.45) is 12.8 Å². The van der Waals surface area contributed by atoms with Crippen LogP contribution in [0.2, 0.25) is 0 Å². The van der Waals surface area contributed by atoms with Crippen molar-refractivity contribution in [2.75, 3.05) is 11.9 Å². The Hall–Kier alpha value is -1.49. The first-order chi connectivity index (χ1) is 6.72.